The Labute approximate surface area is 195 Å². The third kappa shape index (κ3) is 4.49. The van der Waals surface area contributed by atoms with Gasteiger partial charge in [0.15, 0.2) is 11.6 Å². The molecule has 0 amide bonds. The summed E-state index contributed by atoms with van der Waals surface area (Å²) >= 11 is 1.69. The molecule has 0 saturated heterocycles. The van der Waals surface area contributed by atoms with Crippen LogP contribution in [0.2, 0.25) is 0 Å². The summed E-state index contributed by atoms with van der Waals surface area (Å²) in [6, 6.07) is 18.2. The first-order valence-corrected chi connectivity index (χ1v) is 11.3. The number of rotatable bonds is 7. The van der Waals surface area contributed by atoms with Crippen LogP contribution in [-0.2, 0) is 6.42 Å². The number of thiophene rings is 1. The first kappa shape index (κ1) is 20.9. The highest BCUT2D eigenvalue weighted by Crippen LogP contribution is 2.22. The van der Waals surface area contributed by atoms with Crippen molar-refractivity contribution >= 4 is 45.7 Å². The Morgan fingerprint density at radius 1 is 1.09 bits per heavy atom. The van der Waals surface area contributed by atoms with E-state index in [0.717, 1.165) is 33.7 Å². The Morgan fingerprint density at radius 3 is 2.73 bits per heavy atom. The lowest BCUT2D eigenvalue weighted by Gasteiger charge is -2.14. The van der Waals surface area contributed by atoms with Gasteiger partial charge in [-0.25, -0.2) is 0 Å². The number of hydrogen-bond acceptors (Lipinski definition) is 8. The van der Waals surface area contributed by atoms with Crippen molar-refractivity contribution < 1.29 is 4.74 Å². The zero-order valence-corrected chi connectivity index (χ0v) is 19.4. The van der Waals surface area contributed by atoms with Gasteiger partial charge in [0.25, 0.3) is 5.78 Å². The summed E-state index contributed by atoms with van der Waals surface area (Å²) in [7, 11) is 5.60. The molecule has 0 atom stereocenters. The Kier molecular flexibility index (Phi) is 5.62. The number of hydrazone groups is 1. The number of anilines is 2. The number of nitrogens with zero attached hydrogens (tertiary/aromatic N) is 6. The summed E-state index contributed by atoms with van der Waals surface area (Å²) in [5, 5.41) is 13.3. The van der Waals surface area contributed by atoms with Crippen molar-refractivity contribution in [1.82, 2.24) is 19.6 Å². The van der Waals surface area contributed by atoms with Gasteiger partial charge in [-0.05, 0) is 46.0 Å². The second-order valence-corrected chi connectivity index (χ2v) is 8.76. The predicted molar refractivity (Wildman–Crippen MR) is 134 cm³/mol. The van der Waals surface area contributed by atoms with E-state index >= 15 is 0 Å². The summed E-state index contributed by atoms with van der Waals surface area (Å²) < 4.78 is 7.05. The molecule has 0 fully saturated rings. The third-order valence-electron chi connectivity index (χ3n) is 5.17. The van der Waals surface area contributed by atoms with Gasteiger partial charge in [-0.15, -0.1) is 16.4 Å². The van der Waals surface area contributed by atoms with Crippen LogP contribution in [0.3, 0.4) is 0 Å². The first-order chi connectivity index (χ1) is 16.1. The largest absolute Gasteiger partial charge is 0.497 e. The van der Waals surface area contributed by atoms with Crippen LogP contribution in [0.15, 0.2) is 65.1 Å². The van der Waals surface area contributed by atoms with Gasteiger partial charge >= 0.3 is 0 Å². The molecule has 5 aromatic rings. The molecule has 166 valence electrons. The van der Waals surface area contributed by atoms with Crippen molar-refractivity contribution in [1.29, 1.82) is 0 Å². The minimum Gasteiger partial charge on any atom is -0.497 e. The minimum atomic E-state index is 0.533. The molecule has 3 aromatic heterocycles. The predicted octanol–water partition coefficient (Wildman–Crippen LogP) is 4.45. The van der Waals surface area contributed by atoms with E-state index in [1.165, 1.54) is 4.88 Å². The monoisotopic (exact) mass is 457 g/mol. The maximum atomic E-state index is 5.29. The lowest BCUT2D eigenvalue weighted by Crippen LogP contribution is -2.15. The smallest absolute Gasteiger partial charge is 0.256 e. The molecule has 0 saturated carbocycles. The molecule has 0 bridgehead atoms. The molecule has 9 heteroatoms. The molecule has 1 N–H and O–H groups in total. The molecule has 3 heterocycles. The van der Waals surface area contributed by atoms with Crippen LogP contribution in [0, 0.1) is 0 Å². The average Bonchev–Trinajstić information content (AvgIpc) is 3.47. The van der Waals surface area contributed by atoms with Gasteiger partial charge in [-0.3, -0.25) is 5.43 Å². The van der Waals surface area contributed by atoms with Crippen molar-refractivity contribution in [3.63, 3.8) is 0 Å². The third-order valence-corrected chi connectivity index (χ3v) is 6.05. The summed E-state index contributed by atoms with van der Waals surface area (Å²) in [5.74, 6) is 3.58. The molecule has 2 aromatic carbocycles. The highest BCUT2D eigenvalue weighted by molar-refractivity contribution is 7.09. The Hall–Kier alpha value is -3.98. The quantitative estimate of drug-likeness (QED) is 0.287. The molecule has 0 spiro atoms. The van der Waals surface area contributed by atoms with Crippen molar-refractivity contribution in [3.8, 4) is 5.75 Å². The molecule has 0 unspecified atom stereocenters. The number of aromatic nitrogens is 4. The zero-order valence-electron chi connectivity index (χ0n) is 18.6. The maximum absolute atomic E-state index is 5.29. The molecule has 33 heavy (non-hydrogen) atoms. The molecule has 0 aliphatic heterocycles. The van der Waals surface area contributed by atoms with Crippen molar-refractivity contribution in [3.05, 3.63) is 76.2 Å². The van der Waals surface area contributed by atoms with Crippen LogP contribution in [-0.4, -0.2) is 47.0 Å². The lowest BCUT2D eigenvalue weighted by molar-refractivity contribution is 0.415. The van der Waals surface area contributed by atoms with E-state index in [1.54, 1.807) is 29.2 Å². The van der Waals surface area contributed by atoms with Crippen molar-refractivity contribution in [2.45, 2.75) is 6.42 Å². The first-order valence-electron chi connectivity index (χ1n) is 10.4. The van der Waals surface area contributed by atoms with Gasteiger partial charge in [0, 0.05) is 31.5 Å². The molecule has 0 aliphatic rings. The Balaban J connectivity index is 1.38. The van der Waals surface area contributed by atoms with E-state index < -0.39 is 0 Å². The van der Waals surface area contributed by atoms with Crippen LogP contribution >= 0.6 is 11.3 Å². The SMILES string of the molecule is COc1ccc2cc(/C=N/Nc3cc(N(C)C)n4nc(Cc5cccs5)nc4n3)ccc2c1. The standard InChI is InChI=1S/C24H23N7OS/c1-30(2)23-14-21(26-24-27-22(29-31(23)24)13-20-5-4-10-33-20)28-25-15-16-6-7-18-12-19(32-3)9-8-17(18)11-16/h4-12,14-15H,13H2,1-3H3,(H,26,27,28,29)/b25-15+. The van der Waals surface area contributed by atoms with Gasteiger partial charge in [0.05, 0.1) is 13.3 Å². The fourth-order valence-corrected chi connectivity index (χ4v) is 4.24. The fraction of sp³-hybridized carbons (Fsp3) is 0.167. The number of methoxy groups -OCH3 is 1. The van der Waals surface area contributed by atoms with Crippen LogP contribution in [0.25, 0.3) is 16.6 Å². The summed E-state index contributed by atoms with van der Waals surface area (Å²) in [5.41, 5.74) is 4.02. The summed E-state index contributed by atoms with van der Waals surface area (Å²) in [6.07, 6.45) is 2.46. The maximum Gasteiger partial charge on any atom is 0.256 e. The van der Waals surface area contributed by atoms with Gasteiger partial charge in [-0.1, -0.05) is 24.3 Å². The molecule has 0 aliphatic carbocycles. The van der Waals surface area contributed by atoms with Crippen LogP contribution < -0.4 is 15.1 Å². The summed E-state index contributed by atoms with van der Waals surface area (Å²) in [6.45, 7) is 0. The minimum absolute atomic E-state index is 0.533. The van der Waals surface area contributed by atoms with Gasteiger partial charge in [-0.2, -0.15) is 19.6 Å². The van der Waals surface area contributed by atoms with Gasteiger partial charge in [0.1, 0.15) is 11.6 Å². The summed E-state index contributed by atoms with van der Waals surface area (Å²) in [4.78, 5) is 12.4. The Bertz CT molecular complexity index is 1440. The molecular weight excluding hydrogens is 434 g/mol. The van der Waals surface area contributed by atoms with Crippen molar-refractivity contribution in [2.24, 2.45) is 5.10 Å². The van der Waals surface area contributed by atoms with E-state index in [-0.39, 0.29) is 0 Å². The van der Waals surface area contributed by atoms with Crippen LogP contribution in [0.5, 0.6) is 5.75 Å². The molecular formula is C24H23N7OS. The number of nitrogens with one attached hydrogen (secondary N) is 1. The molecule has 8 nitrogen and oxygen atoms in total. The van der Waals surface area contributed by atoms with E-state index in [9.17, 15) is 0 Å². The average molecular weight is 458 g/mol. The highest BCUT2D eigenvalue weighted by atomic mass is 32.1. The number of fused-ring (bicyclic) bond motifs is 2. The van der Waals surface area contributed by atoms with Crippen LogP contribution in [0.1, 0.15) is 16.3 Å². The van der Waals surface area contributed by atoms with E-state index in [4.69, 9.17) is 4.74 Å². The van der Waals surface area contributed by atoms with Crippen LogP contribution in [0.4, 0.5) is 11.6 Å². The molecule has 0 radical (unpaired) electrons. The molecule has 5 rings (SSSR count). The lowest BCUT2D eigenvalue weighted by atomic mass is 10.1. The zero-order chi connectivity index (χ0) is 22.8. The van der Waals surface area contributed by atoms with E-state index in [2.05, 4.69) is 49.2 Å². The van der Waals surface area contributed by atoms with E-state index in [1.807, 2.05) is 55.4 Å². The second kappa shape index (κ2) is 8.87. The Morgan fingerprint density at radius 2 is 1.94 bits per heavy atom. The van der Waals surface area contributed by atoms with E-state index in [0.29, 0.717) is 18.0 Å². The highest BCUT2D eigenvalue weighted by Gasteiger charge is 2.13. The normalized spacial score (nSPS) is 11.5. The second-order valence-electron chi connectivity index (χ2n) is 7.73. The van der Waals surface area contributed by atoms with Gasteiger partial charge in [0.2, 0.25) is 0 Å². The number of hydrogen-bond donors (Lipinski definition) is 1. The number of benzene rings is 2. The van der Waals surface area contributed by atoms with Crippen molar-refractivity contribution in [2.75, 3.05) is 31.5 Å². The van der Waals surface area contributed by atoms with Gasteiger partial charge < -0.3 is 9.64 Å². The fourth-order valence-electron chi connectivity index (χ4n) is 3.54. The number of ether oxygens (including phenoxy) is 1. The topological polar surface area (TPSA) is 79.9 Å².